The first-order valence-electron chi connectivity index (χ1n) is 14.6. The highest BCUT2D eigenvalue weighted by atomic mass is 35.5. The molecule has 0 radical (unpaired) electrons. The van der Waals surface area contributed by atoms with E-state index in [1.165, 1.54) is 0 Å². The van der Waals surface area contributed by atoms with E-state index in [1.807, 2.05) is 45.0 Å². The van der Waals surface area contributed by atoms with Gasteiger partial charge in [-0.05, 0) is 94.6 Å². The second-order valence-corrected chi connectivity index (χ2v) is 12.0. The van der Waals surface area contributed by atoms with Gasteiger partial charge in [-0.2, -0.15) is 0 Å². The van der Waals surface area contributed by atoms with Crippen LogP contribution in [0.2, 0.25) is 0 Å². The Morgan fingerprint density at radius 2 is 0.896 bits per heavy atom. The third kappa shape index (κ3) is 21.5. The number of ether oxygens (including phenoxy) is 2. The highest BCUT2D eigenvalue weighted by molar-refractivity contribution is 5.88. The summed E-state index contributed by atoms with van der Waals surface area (Å²) in [5.41, 5.74) is 24.8. The second kappa shape index (κ2) is 20.8. The van der Waals surface area contributed by atoms with Crippen molar-refractivity contribution in [3.05, 3.63) is 89.5 Å². The van der Waals surface area contributed by atoms with Crippen LogP contribution in [0.4, 0.5) is 36.2 Å². The van der Waals surface area contributed by atoms with Gasteiger partial charge in [0.15, 0.2) is 0 Å². The summed E-state index contributed by atoms with van der Waals surface area (Å²) < 4.78 is 10.2. The molecule has 48 heavy (non-hydrogen) atoms. The van der Waals surface area contributed by atoms with E-state index in [1.54, 1.807) is 69.3 Å². The molecule has 264 valence electrons. The third-order valence-electron chi connectivity index (χ3n) is 5.33. The number of nitrogens with one attached hydrogen (secondary N) is 4. The van der Waals surface area contributed by atoms with Gasteiger partial charge in [0.05, 0.1) is 0 Å². The lowest BCUT2D eigenvalue weighted by molar-refractivity contribution is 0.0512. The van der Waals surface area contributed by atoms with Crippen LogP contribution in [0, 0.1) is 0 Å². The number of amides is 6. The first-order valence-corrected chi connectivity index (χ1v) is 14.6. The van der Waals surface area contributed by atoms with Crippen molar-refractivity contribution in [2.24, 2.45) is 17.2 Å². The fraction of sp³-hybridized carbons (Fsp3) is 0.333. The molecule has 0 bridgehead atoms. The summed E-state index contributed by atoms with van der Waals surface area (Å²) in [6, 6.07) is 20.3. The van der Waals surface area contributed by atoms with Crippen molar-refractivity contribution in [2.75, 3.05) is 16.4 Å². The highest BCUT2D eigenvalue weighted by Crippen LogP contribution is 2.11. The van der Waals surface area contributed by atoms with Crippen LogP contribution in [0.5, 0.6) is 0 Å². The number of carbonyl (C=O) groups is 4. The molecule has 15 heteroatoms. The zero-order valence-corrected chi connectivity index (χ0v) is 29.0. The average molecular weight is 689 g/mol. The minimum Gasteiger partial charge on any atom is -0.444 e. The molecular formula is C33H49ClN8O6. The van der Waals surface area contributed by atoms with Crippen LogP contribution in [-0.2, 0) is 29.1 Å². The average Bonchev–Trinajstić information content (AvgIpc) is 2.95. The third-order valence-corrected chi connectivity index (χ3v) is 5.33. The molecule has 0 spiro atoms. The molecular weight excluding hydrogens is 640 g/mol. The molecule has 0 saturated heterocycles. The Kier molecular flexibility index (Phi) is 18.6. The van der Waals surface area contributed by atoms with E-state index in [2.05, 4.69) is 21.3 Å². The monoisotopic (exact) mass is 688 g/mol. The van der Waals surface area contributed by atoms with Gasteiger partial charge in [-0.1, -0.05) is 36.4 Å². The molecule has 12 N–H and O–H groups in total. The maximum Gasteiger partial charge on any atom is 0.407 e. The maximum atomic E-state index is 11.4. The van der Waals surface area contributed by atoms with Gasteiger partial charge in [-0.3, -0.25) is 0 Å². The van der Waals surface area contributed by atoms with Crippen molar-refractivity contribution in [2.45, 2.75) is 72.4 Å². The van der Waals surface area contributed by atoms with Crippen LogP contribution in [0.3, 0.4) is 0 Å². The van der Waals surface area contributed by atoms with Crippen LogP contribution in [0.1, 0.15) is 58.2 Å². The largest absolute Gasteiger partial charge is 0.444 e. The van der Waals surface area contributed by atoms with Crippen LogP contribution in [-0.4, -0.2) is 35.5 Å². The Labute approximate surface area is 288 Å². The normalized spacial score (nSPS) is 10.2. The fourth-order valence-corrected chi connectivity index (χ4v) is 3.33. The van der Waals surface area contributed by atoms with Gasteiger partial charge in [-0.15, -0.1) is 12.4 Å². The van der Waals surface area contributed by atoms with E-state index in [0.29, 0.717) is 36.7 Å². The predicted octanol–water partition coefficient (Wildman–Crippen LogP) is 5.55. The molecule has 6 amide bonds. The molecule has 0 saturated carbocycles. The molecule has 0 fully saturated rings. The summed E-state index contributed by atoms with van der Waals surface area (Å²) >= 11 is 0. The summed E-state index contributed by atoms with van der Waals surface area (Å²) in [5.74, 6) is 0. The molecule has 0 heterocycles. The molecule has 3 aromatic carbocycles. The number of benzene rings is 3. The first-order chi connectivity index (χ1) is 21.8. The van der Waals surface area contributed by atoms with Gasteiger partial charge < -0.3 is 53.7 Å². The molecule has 0 aliphatic rings. The summed E-state index contributed by atoms with van der Waals surface area (Å²) in [6.45, 7) is 12.2. The van der Waals surface area contributed by atoms with E-state index < -0.39 is 35.5 Å². The Hall–Kier alpha value is -5.21. The van der Waals surface area contributed by atoms with E-state index in [0.717, 1.165) is 16.7 Å². The first kappa shape index (κ1) is 42.8. The van der Waals surface area contributed by atoms with Crippen molar-refractivity contribution in [3.63, 3.8) is 0 Å². The minimum atomic E-state index is -0.611. The van der Waals surface area contributed by atoms with Crippen LogP contribution >= 0.6 is 12.4 Å². The quantitative estimate of drug-likeness (QED) is 0.146. The molecule has 3 rings (SSSR count). The van der Waals surface area contributed by atoms with Crippen LogP contribution in [0.15, 0.2) is 72.8 Å². The number of nitrogen functional groups attached to an aromatic ring is 1. The summed E-state index contributed by atoms with van der Waals surface area (Å²) in [4.78, 5) is 43.8. The lowest BCUT2D eigenvalue weighted by atomic mass is 10.2. The molecule has 0 unspecified atom stereocenters. The number of rotatable bonds is 7. The number of halogens is 1. The number of primary amides is 2. The van der Waals surface area contributed by atoms with Gasteiger partial charge in [-0.25, -0.2) is 19.2 Å². The Morgan fingerprint density at radius 3 is 1.19 bits per heavy atom. The fourth-order valence-electron chi connectivity index (χ4n) is 3.33. The van der Waals surface area contributed by atoms with Gasteiger partial charge >= 0.3 is 24.2 Å². The molecule has 0 atom stereocenters. The highest BCUT2D eigenvalue weighted by Gasteiger charge is 2.16. The molecule has 3 aromatic rings. The number of hydrogen-bond acceptors (Lipinski definition) is 8. The number of urea groups is 2. The van der Waals surface area contributed by atoms with E-state index >= 15 is 0 Å². The molecule has 14 nitrogen and oxygen atoms in total. The topological polar surface area (TPSA) is 239 Å². The van der Waals surface area contributed by atoms with Gasteiger partial charge in [0.2, 0.25) is 0 Å². The summed E-state index contributed by atoms with van der Waals surface area (Å²) in [7, 11) is 0. The van der Waals surface area contributed by atoms with Gasteiger partial charge in [0.1, 0.15) is 11.2 Å². The molecule has 0 aliphatic carbocycles. The zero-order chi connectivity index (χ0) is 35.6. The molecule has 0 aromatic heterocycles. The van der Waals surface area contributed by atoms with Gasteiger partial charge in [0.25, 0.3) is 0 Å². The second-order valence-electron chi connectivity index (χ2n) is 12.0. The summed E-state index contributed by atoms with van der Waals surface area (Å²) in [6.07, 6.45) is -0.879. The van der Waals surface area contributed by atoms with E-state index in [9.17, 15) is 19.2 Å². The standard InChI is InChI=1S/C13H19N3O3.C12H18N2O2.C8H11N3O.ClH/c1-13(2,3)19-12(18)15-8-9-4-6-10(7-5-9)16-11(14)17;1-12(2,3)16-11(15)14-8-9-4-6-10(13)7-5-9;9-5-6-1-3-7(4-2-6)11-8(10)12;/h4-7H,8H2,1-3H3,(H,15,18)(H3,14,16,17);4-7H,8,13H2,1-3H3,(H,14,15);1-4H,5,9H2,(H3,10,11,12);1H. The Morgan fingerprint density at radius 1 is 0.583 bits per heavy atom. The van der Waals surface area contributed by atoms with E-state index in [-0.39, 0.29) is 12.4 Å². The number of carbonyl (C=O) groups excluding carboxylic acids is 4. The smallest absolute Gasteiger partial charge is 0.407 e. The number of nitrogens with two attached hydrogens (primary N) is 4. The Bertz CT molecular complexity index is 1420. The predicted molar refractivity (Wildman–Crippen MR) is 191 cm³/mol. The zero-order valence-electron chi connectivity index (χ0n) is 28.2. The number of hydrogen-bond donors (Lipinski definition) is 8. The molecule has 0 aliphatic heterocycles. The van der Waals surface area contributed by atoms with Crippen molar-refractivity contribution in [1.29, 1.82) is 0 Å². The number of alkyl carbamates (subject to hydrolysis) is 2. The van der Waals surface area contributed by atoms with Crippen molar-refractivity contribution < 1.29 is 28.7 Å². The minimum absolute atomic E-state index is 0. The maximum absolute atomic E-state index is 11.4. The lowest BCUT2D eigenvalue weighted by Crippen LogP contribution is -2.32. The summed E-state index contributed by atoms with van der Waals surface area (Å²) in [5, 5.41) is 10.2. The Balaban J connectivity index is 0.000000700. The van der Waals surface area contributed by atoms with Crippen LogP contribution < -0.4 is 44.2 Å². The number of anilines is 3. The lowest BCUT2D eigenvalue weighted by Gasteiger charge is -2.19. The van der Waals surface area contributed by atoms with Crippen molar-refractivity contribution in [3.8, 4) is 0 Å². The SMILES string of the molecule is CC(C)(C)OC(=O)NCc1ccc(N)cc1.CC(C)(C)OC(=O)NCc1ccc(NC(N)=O)cc1.Cl.NCc1ccc(NC(N)=O)cc1. The van der Waals surface area contributed by atoms with Crippen LogP contribution in [0.25, 0.3) is 0 Å². The van der Waals surface area contributed by atoms with E-state index in [4.69, 9.17) is 32.4 Å². The van der Waals surface area contributed by atoms with Crippen molar-refractivity contribution in [1.82, 2.24) is 10.6 Å². The van der Waals surface area contributed by atoms with Gasteiger partial charge in [0, 0.05) is 36.7 Å². The van der Waals surface area contributed by atoms with Crippen molar-refractivity contribution >= 4 is 53.7 Å².